The average molecular weight is 579 g/mol. The number of fused-ring (bicyclic) bond motifs is 3. The van der Waals surface area contributed by atoms with Gasteiger partial charge in [-0.3, -0.25) is 0 Å². The zero-order valence-electron chi connectivity index (χ0n) is 26.1. The van der Waals surface area contributed by atoms with E-state index in [-0.39, 0.29) is 17.7 Å². The molecule has 2 aliphatic carbocycles. The maximum atomic E-state index is 11.9. The van der Waals surface area contributed by atoms with Gasteiger partial charge in [0.2, 0.25) is 0 Å². The van der Waals surface area contributed by atoms with Crippen molar-refractivity contribution >= 4 is 5.97 Å². The van der Waals surface area contributed by atoms with Crippen LogP contribution in [0.4, 0.5) is 0 Å². The monoisotopic (exact) mass is 578 g/mol. The van der Waals surface area contributed by atoms with Crippen molar-refractivity contribution in [3.63, 3.8) is 0 Å². The Morgan fingerprint density at radius 1 is 0.814 bits per heavy atom. The number of carbonyl (C=O) groups excluding carboxylic acids is 1. The molecule has 6 atom stereocenters. The van der Waals surface area contributed by atoms with Crippen molar-refractivity contribution < 1.29 is 19.0 Å². The second-order valence-corrected chi connectivity index (χ2v) is 13.5. The summed E-state index contributed by atoms with van der Waals surface area (Å²) < 4.78 is 17.7. The van der Waals surface area contributed by atoms with E-state index in [0.717, 1.165) is 46.9 Å². The average Bonchev–Trinajstić information content (AvgIpc) is 3.63. The summed E-state index contributed by atoms with van der Waals surface area (Å²) in [6, 6.07) is 31.1. The van der Waals surface area contributed by atoms with Crippen LogP contribution >= 0.6 is 0 Å². The van der Waals surface area contributed by atoms with E-state index >= 15 is 0 Å². The summed E-state index contributed by atoms with van der Waals surface area (Å²) in [6.07, 6.45) is 9.34. The van der Waals surface area contributed by atoms with Crippen LogP contribution in [0.3, 0.4) is 0 Å². The van der Waals surface area contributed by atoms with E-state index in [2.05, 4.69) is 93.6 Å². The third-order valence-corrected chi connectivity index (χ3v) is 11.2. The number of hydrogen-bond donors (Lipinski definition) is 0. The first-order valence-electron chi connectivity index (χ1n) is 16.1. The Labute approximate surface area is 257 Å². The number of methoxy groups -OCH3 is 1. The van der Waals surface area contributed by atoms with E-state index in [1.165, 1.54) is 25.7 Å². The summed E-state index contributed by atoms with van der Waals surface area (Å²) in [6.45, 7) is 7.66. The number of ether oxygens (including phenoxy) is 3. The van der Waals surface area contributed by atoms with Gasteiger partial charge in [-0.05, 0) is 78.5 Å². The number of hydrogen-bond acceptors (Lipinski definition) is 4. The standard InChI is InChI=1S/C20H18O.C19H28O3/c1-21-20(17-11-5-2-6-12-17,18-13-7-3-8-14-18)19-15-9-4-10-16-19;1-12-5-4-8-18(2)14(12)6-9-19(3)16(18)11-15(22-19)13-7-10-21-17(13)20/h2-16H,1H3;7,12,14-16H,4-6,8-11H2,1-3H3/t;12-,14?,15-,16?,18+,19+/m.0/s1. The zero-order chi connectivity index (χ0) is 30.1. The van der Waals surface area contributed by atoms with Gasteiger partial charge in [0.25, 0.3) is 0 Å². The molecule has 2 heterocycles. The summed E-state index contributed by atoms with van der Waals surface area (Å²) in [5.74, 6) is 2.07. The summed E-state index contributed by atoms with van der Waals surface area (Å²) in [5.41, 5.74) is 3.91. The van der Waals surface area contributed by atoms with Crippen molar-refractivity contribution in [2.75, 3.05) is 13.7 Å². The quantitative estimate of drug-likeness (QED) is 0.225. The Kier molecular flexibility index (Phi) is 8.37. The van der Waals surface area contributed by atoms with Crippen molar-refractivity contribution in [3.05, 3.63) is 119 Å². The topological polar surface area (TPSA) is 44.8 Å². The number of carbonyl (C=O) groups is 1. The first-order chi connectivity index (χ1) is 20.8. The molecule has 4 heteroatoms. The fourth-order valence-corrected chi connectivity index (χ4v) is 9.15. The van der Waals surface area contributed by atoms with Crippen LogP contribution in [0.15, 0.2) is 103 Å². The Bertz CT molecular complexity index is 1320. The molecular weight excluding hydrogens is 532 g/mol. The van der Waals surface area contributed by atoms with Gasteiger partial charge < -0.3 is 14.2 Å². The number of rotatable bonds is 5. The van der Waals surface area contributed by atoms with Crippen molar-refractivity contribution in [2.45, 2.75) is 76.6 Å². The van der Waals surface area contributed by atoms with Gasteiger partial charge in [0, 0.05) is 7.11 Å². The molecule has 3 aromatic carbocycles. The highest BCUT2D eigenvalue weighted by molar-refractivity contribution is 5.91. The number of benzene rings is 3. The second-order valence-electron chi connectivity index (χ2n) is 13.5. The first kappa shape index (κ1) is 29.8. The highest BCUT2D eigenvalue weighted by Gasteiger charge is 2.60. The highest BCUT2D eigenvalue weighted by atomic mass is 16.5. The molecule has 2 saturated carbocycles. The Morgan fingerprint density at radius 2 is 1.37 bits per heavy atom. The number of esters is 1. The lowest BCUT2D eigenvalue weighted by atomic mass is 9.49. The minimum atomic E-state index is -0.580. The van der Waals surface area contributed by atoms with E-state index in [4.69, 9.17) is 14.2 Å². The Morgan fingerprint density at radius 3 is 1.86 bits per heavy atom. The molecule has 2 unspecified atom stereocenters. The smallest absolute Gasteiger partial charge is 0.336 e. The lowest BCUT2D eigenvalue weighted by molar-refractivity contribution is -0.142. The van der Waals surface area contributed by atoms with Crippen LogP contribution in [-0.2, 0) is 24.6 Å². The third-order valence-electron chi connectivity index (χ3n) is 11.2. The Balaban J connectivity index is 0.000000153. The van der Waals surface area contributed by atoms with Gasteiger partial charge >= 0.3 is 5.97 Å². The van der Waals surface area contributed by atoms with E-state index in [9.17, 15) is 4.79 Å². The van der Waals surface area contributed by atoms with Crippen LogP contribution < -0.4 is 0 Å². The van der Waals surface area contributed by atoms with Crippen LogP contribution in [0.1, 0.15) is 76.0 Å². The normalized spacial score (nSPS) is 31.6. The fraction of sp³-hybridized carbons (Fsp3) is 0.462. The molecule has 3 fully saturated rings. The second kappa shape index (κ2) is 12.1. The SMILES string of the molecule is COC(c1ccccc1)(c1ccccc1)c1ccccc1.C[C@H]1CCC[C@]2(C)C1CC[C@@]1(C)O[C@H](C3=CCOC3=O)CC21. The fourth-order valence-electron chi connectivity index (χ4n) is 9.15. The summed E-state index contributed by atoms with van der Waals surface area (Å²) in [4.78, 5) is 11.9. The molecule has 7 rings (SSSR count). The van der Waals surface area contributed by atoms with E-state index in [1.807, 2.05) is 24.3 Å². The molecule has 3 aromatic rings. The predicted molar refractivity (Wildman–Crippen MR) is 170 cm³/mol. The van der Waals surface area contributed by atoms with Gasteiger partial charge in [-0.15, -0.1) is 0 Å². The molecule has 1 saturated heterocycles. The minimum Gasteiger partial charge on any atom is -0.458 e. The molecule has 0 amide bonds. The van der Waals surface area contributed by atoms with Crippen LogP contribution in [0.25, 0.3) is 0 Å². The molecule has 0 N–H and O–H groups in total. The highest BCUT2D eigenvalue weighted by Crippen LogP contribution is 2.63. The van der Waals surface area contributed by atoms with Crippen LogP contribution in [-0.4, -0.2) is 31.4 Å². The van der Waals surface area contributed by atoms with Crippen molar-refractivity contribution in [2.24, 2.45) is 23.2 Å². The molecule has 0 radical (unpaired) electrons. The summed E-state index contributed by atoms with van der Waals surface area (Å²) in [7, 11) is 1.77. The largest absolute Gasteiger partial charge is 0.458 e. The molecule has 4 nitrogen and oxygen atoms in total. The molecule has 4 aliphatic rings. The van der Waals surface area contributed by atoms with Crippen molar-refractivity contribution in [3.8, 4) is 0 Å². The van der Waals surface area contributed by atoms with Crippen molar-refractivity contribution in [1.82, 2.24) is 0 Å². The van der Waals surface area contributed by atoms with Crippen molar-refractivity contribution in [1.29, 1.82) is 0 Å². The van der Waals surface area contributed by atoms with Gasteiger partial charge in [-0.2, -0.15) is 0 Å². The van der Waals surface area contributed by atoms with Crippen LogP contribution in [0, 0.1) is 23.2 Å². The van der Waals surface area contributed by atoms with Gasteiger partial charge in [0.05, 0.1) is 17.3 Å². The molecular formula is C39H46O4. The Hall–Kier alpha value is -3.21. The number of cyclic esters (lactones) is 1. The van der Waals surface area contributed by atoms with Crippen LogP contribution in [0.2, 0.25) is 0 Å². The maximum Gasteiger partial charge on any atom is 0.336 e. The maximum absolute atomic E-state index is 11.9. The summed E-state index contributed by atoms with van der Waals surface area (Å²) in [5, 5.41) is 0. The molecule has 0 aromatic heterocycles. The van der Waals surface area contributed by atoms with Crippen LogP contribution in [0.5, 0.6) is 0 Å². The molecule has 0 spiro atoms. The minimum absolute atomic E-state index is 0.0437. The van der Waals surface area contributed by atoms with E-state index in [1.54, 1.807) is 7.11 Å². The van der Waals surface area contributed by atoms with Gasteiger partial charge in [-0.25, -0.2) is 4.79 Å². The molecule has 2 aliphatic heterocycles. The molecule has 0 bridgehead atoms. The zero-order valence-corrected chi connectivity index (χ0v) is 26.1. The van der Waals surface area contributed by atoms with E-state index < -0.39 is 5.60 Å². The molecule has 226 valence electrons. The van der Waals surface area contributed by atoms with Gasteiger partial charge in [0.15, 0.2) is 0 Å². The van der Waals surface area contributed by atoms with Gasteiger partial charge in [0.1, 0.15) is 12.2 Å². The first-order valence-corrected chi connectivity index (χ1v) is 16.1. The predicted octanol–water partition coefficient (Wildman–Crippen LogP) is 8.49. The lowest BCUT2D eigenvalue weighted by Gasteiger charge is -2.57. The summed E-state index contributed by atoms with van der Waals surface area (Å²) >= 11 is 0. The van der Waals surface area contributed by atoms with Gasteiger partial charge in [-0.1, -0.05) is 118 Å². The third kappa shape index (κ3) is 5.27. The molecule has 43 heavy (non-hydrogen) atoms. The van der Waals surface area contributed by atoms with E-state index in [0.29, 0.717) is 17.9 Å². The lowest BCUT2D eigenvalue weighted by Crippen LogP contribution is -2.53.